The van der Waals surface area contributed by atoms with Gasteiger partial charge in [0, 0.05) is 30.4 Å². The Labute approximate surface area is 189 Å². The highest BCUT2D eigenvalue weighted by atomic mass is 19.2. The molecule has 3 heterocycles. The molecule has 6 nitrogen and oxygen atoms in total. The van der Waals surface area contributed by atoms with Gasteiger partial charge in [0.1, 0.15) is 29.8 Å². The number of aliphatic imine (C=N–C) groups is 1. The van der Waals surface area contributed by atoms with Crippen LogP contribution in [0.25, 0.3) is 10.9 Å². The van der Waals surface area contributed by atoms with Crippen LogP contribution in [0.4, 0.5) is 14.6 Å². The Kier molecular flexibility index (Phi) is 5.89. The van der Waals surface area contributed by atoms with Gasteiger partial charge in [-0.2, -0.15) is 0 Å². The maximum absolute atomic E-state index is 13.9. The van der Waals surface area contributed by atoms with Gasteiger partial charge < -0.3 is 10.1 Å². The number of nitrogens with zero attached hydrogens (tertiary/aromatic N) is 4. The van der Waals surface area contributed by atoms with Crippen LogP contribution in [-0.4, -0.2) is 27.2 Å². The topological polar surface area (TPSA) is 72.3 Å². The molecule has 0 saturated carbocycles. The van der Waals surface area contributed by atoms with Crippen LogP contribution in [0.3, 0.4) is 0 Å². The van der Waals surface area contributed by atoms with E-state index in [1.54, 1.807) is 18.5 Å². The summed E-state index contributed by atoms with van der Waals surface area (Å²) in [5, 5.41) is 3.97. The number of ether oxygens (including phenoxy) is 1. The zero-order chi connectivity index (χ0) is 22.6. The first-order valence-electron chi connectivity index (χ1n) is 10.7. The minimum Gasteiger partial charge on any atom is -0.487 e. The predicted molar refractivity (Wildman–Crippen MR) is 124 cm³/mol. The first-order valence-corrected chi connectivity index (χ1v) is 10.7. The fourth-order valence-corrected chi connectivity index (χ4v) is 3.71. The molecule has 0 saturated heterocycles. The van der Waals surface area contributed by atoms with Crippen LogP contribution in [0.5, 0.6) is 5.75 Å². The van der Waals surface area contributed by atoms with Gasteiger partial charge in [-0.15, -0.1) is 0 Å². The molecular formula is C25H21F2N5O. The van der Waals surface area contributed by atoms with Crippen LogP contribution in [0.1, 0.15) is 30.3 Å². The van der Waals surface area contributed by atoms with Crippen LogP contribution in [0.2, 0.25) is 0 Å². The number of benzene rings is 1. The highest BCUT2D eigenvalue weighted by Gasteiger charge is 2.21. The van der Waals surface area contributed by atoms with Gasteiger partial charge in [-0.05, 0) is 42.8 Å². The Morgan fingerprint density at radius 3 is 2.85 bits per heavy atom. The number of allylic oxidation sites excluding steroid dienone is 3. The first kappa shape index (κ1) is 20.9. The molecule has 33 heavy (non-hydrogen) atoms. The summed E-state index contributed by atoms with van der Waals surface area (Å²) in [6.45, 7) is 0.319. The third kappa shape index (κ3) is 4.79. The number of hydrogen-bond acceptors (Lipinski definition) is 6. The molecule has 1 aliphatic heterocycles. The van der Waals surface area contributed by atoms with E-state index in [1.807, 2.05) is 48.7 Å². The van der Waals surface area contributed by atoms with Gasteiger partial charge in [-0.25, -0.2) is 18.7 Å². The number of halogens is 2. The number of pyridine rings is 1. The molecule has 0 amide bonds. The van der Waals surface area contributed by atoms with Crippen LogP contribution in [0.15, 0.2) is 83.7 Å². The first-order chi connectivity index (χ1) is 16.2. The van der Waals surface area contributed by atoms with Gasteiger partial charge in [0.2, 0.25) is 0 Å². The summed E-state index contributed by atoms with van der Waals surface area (Å²) >= 11 is 0. The predicted octanol–water partition coefficient (Wildman–Crippen LogP) is 5.57. The van der Waals surface area contributed by atoms with Crippen LogP contribution in [0, 0.1) is 0 Å². The summed E-state index contributed by atoms with van der Waals surface area (Å²) in [6.07, 6.45) is 10.6. The lowest BCUT2D eigenvalue weighted by molar-refractivity contribution is 0.302. The second-order valence-electron chi connectivity index (χ2n) is 7.81. The van der Waals surface area contributed by atoms with E-state index < -0.39 is 17.7 Å². The van der Waals surface area contributed by atoms with E-state index in [0.717, 1.165) is 29.1 Å². The molecule has 0 spiro atoms. The van der Waals surface area contributed by atoms with Gasteiger partial charge in [0.15, 0.2) is 5.83 Å². The van der Waals surface area contributed by atoms with Crippen molar-refractivity contribution in [3.63, 3.8) is 0 Å². The van der Waals surface area contributed by atoms with Gasteiger partial charge in [-0.1, -0.05) is 18.2 Å². The maximum Gasteiger partial charge on any atom is 0.154 e. The second kappa shape index (κ2) is 9.28. The fraction of sp³-hybridized carbons (Fsp3) is 0.200. The van der Waals surface area contributed by atoms with Crippen molar-refractivity contribution in [2.24, 2.45) is 4.99 Å². The summed E-state index contributed by atoms with van der Waals surface area (Å²) in [5.41, 5.74) is 1.53. The number of nitrogens with one attached hydrogen (secondary N) is 1. The zero-order valence-electron chi connectivity index (χ0n) is 17.7. The highest BCUT2D eigenvalue weighted by molar-refractivity contribution is 5.91. The Bertz CT molecular complexity index is 1290. The van der Waals surface area contributed by atoms with Crippen molar-refractivity contribution >= 4 is 22.9 Å². The highest BCUT2D eigenvalue weighted by Crippen LogP contribution is 2.31. The third-order valence-corrected chi connectivity index (χ3v) is 5.43. The summed E-state index contributed by atoms with van der Waals surface area (Å²) < 4.78 is 33.2. The van der Waals surface area contributed by atoms with Crippen molar-refractivity contribution < 1.29 is 13.5 Å². The van der Waals surface area contributed by atoms with Crippen molar-refractivity contribution in [3.8, 4) is 5.75 Å². The molecule has 2 unspecified atom stereocenters. The molecule has 1 N–H and O–H groups in total. The fourth-order valence-electron chi connectivity index (χ4n) is 3.71. The molecule has 8 heteroatoms. The smallest absolute Gasteiger partial charge is 0.154 e. The Morgan fingerprint density at radius 1 is 1.12 bits per heavy atom. The van der Waals surface area contributed by atoms with Crippen molar-refractivity contribution in [2.75, 3.05) is 5.32 Å². The van der Waals surface area contributed by atoms with E-state index in [9.17, 15) is 8.78 Å². The molecule has 2 atom stereocenters. The molecule has 1 aliphatic carbocycles. The lowest BCUT2D eigenvalue weighted by atomic mass is 10.0. The molecule has 166 valence electrons. The van der Waals surface area contributed by atoms with E-state index in [0.29, 0.717) is 24.0 Å². The minimum atomic E-state index is -0.836. The molecule has 0 fully saturated rings. The van der Waals surface area contributed by atoms with E-state index >= 15 is 0 Å². The summed E-state index contributed by atoms with van der Waals surface area (Å²) in [5.74, 6) is 0.101. The minimum absolute atomic E-state index is 0.0593. The van der Waals surface area contributed by atoms with Crippen LogP contribution >= 0.6 is 0 Å². The van der Waals surface area contributed by atoms with Crippen molar-refractivity contribution in [2.45, 2.75) is 31.4 Å². The molecule has 1 aromatic carbocycles. The standard InChI is InChI=1S/C25H21F2N5O/c26-21-8-6-17(12-22(21)27)30-25-20-13-19(33-15-18-5-1-2-11-29-18)7-9-23(20)31-24(32-25)16-4-3-10-28-14-16/h1-3,5-11,13-14,16-17H,4,12,15H2,(H,30,31,32). The average Bonchev–Trinajstić information content (AvgIpc) is 2.86. The third-order valence-electron chi connectivity index (χ3n) is 5.43. The van der Waals surface area contributed by atoms with Crippen molar-refractivity contribution in [1.29, 1.82) is 0 Å². The summed E-state index contributed by atoms with van der Waals surface area (Å²) in [4.78, 5) is 17.9. The molecule has 2 aliphatic rings. The van der Waals surface area contributed by atoms with E-state index in [-0.39, 0.29) is 12.3 Å². The van der Waals surface area contributed by atoms with E-state index in [1.165, 1.54) is 0 Å². The van der Waals surface area contributed by atoms with Crippen LogP contribution < -0.4 is 10.1 Å². The molecule has 2 aromatic heterocycles. The molecule has 5 rings (SSSR count). The zero-order valence-corrected chi connectivity index (χ0v) is 17.7. The monoisotopic (exact) mass is 445 g/mol. The molecule has 0 bridgehead atoms. The quantitative estimate of drug-likeness (QED) is 0.537. The lowest BCUT2D eigenvalue weighted by Gasteiger charge is -2.21. The van der Waals surface area contributed by atoms with Crippen LogP contribution in [-0.2, 0) is 6.61 Å². The number of anilines is 1. The van der Waals surface area contributed by atoms with Crippen molar-refractivity contribution in [1.82, 2.24) is 15.0 Å². The number of aromatic nitrogens is 3. The SMILES string of the molecule is FC1=C(F)CC(Nc2nc(C3C=NC=CC3)nc3ccc(OCc4ccccn4)cc23)C=C1. The average molecular weight is 445 g/mol. The lowest BCUT2D eigenvalue weighted by Crippen LogP contribution is -2.21. The summed E-state index contributed by atoms with van der Waals surface area (Å²) in [6, 6.07) is 10.8. The number of rotatable bonds is 6. The number of fused-ring (bicyclic) bond motifs is 1. The van der Waals surface area contributed by atoms with Gasteiger partial charge in [-0.3, -0.25) is 9.98 Å². The van der Waals surface area contributed by atoms with E-state index in [2.05, 4.69) is 15.3 Å². The molecule has 0 radical (unpaired) electrons. The molecular weight excluding hydrogens is 424 g/mol. The Balaban J connectivity index is 1.48. The normalized spacial score (nSPS) is 19.8. The molecule has 3 aromatic rings. The Morgan fingerprint density at radius 2 is 2.06 bits per heavy atom. The summed E-state index contributed by atoms with van der Waals surface area (Å²) in [7, 11) is 0. The second-order valence-corrected chi connectivity index (χ2v) is 7.81. The maximum atomic E-state index is 13.9. The van der Waals surface area contributed by atoms with Crippen molar-refractivity contribution in [3.05, 3.63) is 90.2 Å². The van der Waals surface area contributed by atoms with Gasteiger partial charge in [0.25, 0.3) is 0 Å². The van der Waals surface area contributed by atoms with Gasteiger partial charge in [0.05, 0.1) is 23.2 Å². The van der Waals surface area contributed by atoms with E-state index in [4.69, 9.17) is 14.7 Å². The number of hydrogen-bond donors (Lipinski definition) is 1. The van der Waals surface area contributed by atoms with Gasteiger partial charge >= 0.3 is 0 Å². The largest absolute Gasteiger partial charge is 0.487 e. The Hall–Kier alpha value is -3.94.